The van der Waals surface area contributed by atoms with Gasteiger partial charge in [0.2, 0.25) is 0 Å². The summed E-state index contributed by atoms with van der Waals surface area (Å²) in [7, 11) is 0. The Balaban J connectivity index is 1.72. The van der Waals surface area contributed by atoms with Crippen LogP contribution in [-0.4, -0.2) is 37.6 Å². The fourth-order valence-electron chi connectivity index (χ4n) is 3.14. The van der Waals surface area contributed by atoms with E-state index < -0.39 is 17.9 Å². The highest BCUT2D eigenvalue weighted by atomic mass is 19.4. The third-order valence-corrected chi connectivity index (χ3v) is 4.38. The molecule has 1 saturated heterocycles. The van der Waals surface area contributed by atoms with Gasteiger partial charge >= 0.3 is 6.18 Å². The van der Waals surface area contributed by atoms with E-state index in [-0.39, 0.29) is 13.2 Å². The van der Waals surface area contributed by atoms with Gasteiger partial charge in [-0.1, -0.05) is 60.7 Å². The third kappa shape index (κ3) is 5.06. The van der Waals surface area contributed by atoms with Crippen molar-refractivity contribution in [2.24, 2.45) is 0 Å². The molecule has 26 heavy (non-hydrogen) atoms. The number of rotatable bonds is 6. The molecule has 1 aliphatic rings. The zero-order valence-electron chi connectivity index (χ0n) is 14.3. The predicted molar refractivity (Wildman–Crippen MR) is 92.8 cm³/mol. The van der Waals surface area contributed by atoms with Crippen LogP contribution >= 0.6 is 0 Å². The van der Waals surface area contributed by atoms with Crippen LogP contribution in [0.2, 0.25) is 0 Å². The summed E-state index contributed by atoms with van der Waals surface area (Å²) in [5.74, 6) is 0. The van der Waals surface area contributed by atoms with Gasteiger partial charge in [0.25, 0.3) is 0 Å². The van der Waals surface area contributed by atoms with E-state index >= 15 is 0 Å². The lowest BCUT2D eigenvalue weighted by Gasteiger charge is -2.42. The zero-order chi connectivity index (χ0) is 18.5. The van der Waals surface area contributed by atoms with Gasteiger partial charge in [-0.2, -0.15) is 13.2 Å². The first-order valence-corrected chi connectivity index (χ1v) is 8.58. The Kier molecular flexibility index (Phi) is 5.96. The summed E-state index contributed by atoms with van der Waals surface area (Å²) in [6, 6.07) is 18.9. The molecule has 0 aliphatic carbocycles. The van der Waals surface area contributed by atoms with Gasteiger partial charge in [-0.05, 0) is 11.1 Å². The van der Waals surface area contributed by atoms with Crippen molar-refractivity contribution in [3.8, 4) is 0 Å². The first-order chi connectivity index (χ1) is 12.5. The Bertz CT molecular complexity index is 678. The zero-order valence-corrected chi connectivity index (χ0v) is 14.3. The van der Waals surface area contributed by atoms with Crippen molar-refractivity contribution in [3.05, 3.63) is 71.8 Å². The molecule has 3 rings (SSSR count). The maximum absolute atomic E-state index is 13.2. The second-order valence-electron chi connectivity index (χ2n) is 6.60. The summed E-state index contributed by atoms with van der Waals surface area (Å²) in [4.78, 5) is 0. The molecule has 0 amide bonds. The van der Waals surface area contributed by atoms with Crippen LogP contribution in [0.15, 0.2) is 60.7 Å². The van der Waals surface area contributed by atoms with Crippen LogP contribution < -0.4 is 5.32 Å². The lowest BCUT2D eigenvalue weighted by atomic mass is 9.93. The van der Waals surface area contributed by atoms with Crippen molar-refractivity contribution in [1.29, 1.82) is 0 Å². The largest absolute Gasteiger partial charge is 0.415 e. The molecule has 1 N–H and O–H groups in total. The summed E-state index contributed by atoms with van der Waals surface area (Å²) in [5.41, 5.74) is 0.827. The van der Waals surface area contributed by atoms with E-state index in [9.17, 15) is 13.2 Å². The summed E-state index contributed by atoms with van der Waals surface area (Å²) in [6.45, 7) is 0.482. The fraction of sp³-hybridized carbons (Fsp3) is 0.400. The van der Waals surface area contributed by atoms with Gasteiger partial charge in [-0.15, -0.1) is 0 Å². The molecule has 1 aliphatic heterocycles. The lowest BCUT2D eigenvalue weighted by molar-refractivity contribution is -0.270. The standard InChI is InChI=1S/C20H22F3NO2/c21-20(22,23)18-12-24-14-19(26-18,11-16-7-3-1-4-8-16)15-25-13-17-9-5-2-6-10-17/h1-10,18,24H,11-15H2. The Morgan fingerprint density at radius 1 is 1.00 bits per heavy atom. The van der Waals surface area contributed by atoms with Crippen LogP contribution in [-0.2, 0) is 22.5 Å². The van der Waals surface area contributed by atoms with E-state index in [0.29, 0.717) is 19.6 Å². The normalized spacial score (nSPS) is 23.7. The second kappa shape index (κ2) is 8.20. The maximum atomic E-state index is 13.2. The number of morpholine rings is 1. The lowest BCUT2D eigenvalue weighted by Crippen LogP contribution is -2.60. The van der Waals surface area contributed by atoms with Crippen LogP contribution in [0.3, 0.4) is 0 Å². The van der Waals surface area contributed by atoms with Gasteiger partial charge in [0, 0.05) is 19.5 Å². The number of nitrogens with one attached hydrogen (secondary N) is 1. The van der Waals surface area contributed by atoms with Crippen LogP contribution in [0.1, 0.15) is 11.1 Å². The number of hydrogen-bond acceptors (Lipinski definition) is 3. The van der Waals surface area contributed by atoms with Crippen molar-refractivity contribution in [2.75, 3.05) is 19.7 Å². The Morgan fingerprint density at radius 2 is 1.62 bits per heavy atom. The molecule has 1 heterocycles. The number of halogens is 3. The number of benzene rings is 2. The first kappa shape index (κ1) is 18.9. The molecule has 6 heteroatoms. The predicted octanol–water partition coefficient (Wildman–Crippen LogP) is 3.74. The minimum absolute atomic E-state index is 0.0797. The quantitative estimate of drug-likeness (QED) is 0.846. The average molecular weight is 365 g/mol. The van der Waals surface area contributed by atoms with E-state index in [4.69, 9.17) is 9.47 Å². The van der Waals surface area contributed by atoms with Crippen molar-refractivity contribution >= 4 is 0 Å². The Morgan fingerprint density at radius 3 is 2.23 bits per heavy atom. The van der Waals surface area contributed by atoms with Gasteiger partial charge in [-0.25, -0.2) is 0 Å². The maximum Gasteiger partial charge on any atom is 0.415 e. The summed E-state index contributed by atoms with van der Waals surface area (Å²) < 4.78 is 50.9. The Labute approximate surface area is 151 Å². The van der Waals surface area contributed by atoms with Crippen molar-refractivity contribution < 1.29 is 22.6 Å². The highest BCUT2D eigenvalue weighted by Gasteiger charge is 2.49. The smallest absolute Gasteiger partial charge is 0.374 e. The number of ether oxygens (including phenoxy) is 2. The SMILES string of the molecule is FC(F)(F)C1CNCC(COCc2ccccc2)(Cc2ccccc2)O1. The fourth-order valence-corrected chi connectivity index (χ4v) is 3.14. The van der Waals surface area contributed by atoms with Gasteiger partial charge in [-0.3, -0.25) is 0 Å². The van der Waals surface area contributed by atoms with Gasteiger partial charge < -0.3 is 14.8 Å². The molecular formula is C20H22F3NO2. The molecule has 140 valence electrons. The van der Waals surface area contributed by atoms with E-state index in [2.05, 4.69) is 5.32 Å². The van der Waals surface area contributed by atoms with Crippen LogP contribution in [0, 0.1) is 0 Å². The molecule has 2 unspecified atom stereocenters. The minimum Gasteiger partial charge on any atom is -0.374 e. The van der Waals surface area contributed by atoms with E-state index in [0.717, 1.165) is 11.1 Å². The number of hydrogen-bond donors (Lipinski definition) is 1. The number of alkyl halides is 3. The molecule has 2 atom stereocenters. The van der Waals surface area contributed by atoms with Crippen molar-refractivity contribution in [1.82, 2.24) is 5.32 Å². The minimum atomic E-state index is -4.41. The van der Waals surface area contributed by atoms with Crippen molar-refractivity contribution in [2.45, 2.75) is 30.9 Å². The topological polar surface area (TPSA) is 30.5 Å². The molecule has 2 aromatic rings. The monoisotopic (exact) mass is 365 g/mol. The average Bonchev–Trinajstić information content (AvgIpc) is 2.63. The highest BCUT2D eigenvalue weighted by molar-refractivity contribution is 5.18. The third-order valence-electron chi connectivity index (χ3n) is 4.38. The molecule has 0 saturated carbocycles. The van der Waals surface area contributed by atoms with Gasteiger partial charge in [0.05, 0.1) is 13.2 Å². The molecule has 0 bridgehead atoms. The summed E-state index contributed by atoms with van der Waals surface area (Å²) in [6.07, 6.45) is -5.89. The molecule has 0 spiro atoms. The summed E-state index contributed by atoms with van der Waals surface area (Å²) in [5, 5.41) is 2.88. The van der Waals surface area contributed by atoms with Crippen molar-refractivity contribution in [3.63, 3.8) is 0 Å². The van der Waals surface area contributed by atoms with E-state index in [1.54, 1.807) is 0 Å². The molecule has 0 radical (unpaired) electrons. The van der Waals surface area contributed by atoms with Crippen LogP contribution in [0.4, 0.5) is 13.2 Å². The second-order valence-corrected chi connectivity index (χ2v) is 6.60. The van der Waals surface area contributed by atoms with Gasteiger partial charge in [0.1, 0.15) is 5.60 Å². The highest BCUT2D eigenvalue weighted by Crippen LogP contribution is 2.31. The Hall–Kier alpha value is -1.89. The first-order valence-electron chi connectivity index (χ1n) is 8.58. The van der Waals surface area contributed by atoms with Gasteiger partial charge in [0.15, 0.2) is 6.10 Å². The molecule has 0 aromatic heterocycles. The molecular weight excluding hydrogens is 343 g/mol. The molecule has 3 nitrogen and oxygen atoms in total. The van der Waals surface area contributed by atoms with E-state index in [1.165, 1.54) is 0 Å². The van der Waals surface area contributed by atoms with Crippen LogP contribution in [0.25, 0.3) is 0 Å². The molecule has 1 fully saturated rings. The molecule has 2 aromatic carbocycles. The summed E-state index contributed by atoms with van der Waals surface area (Å²) >= 11 is 0. The van der Waals surface area contributed by atoms with Crippen LogP contribution in [0.5, 0.6) is 0 Å². The van der Waals surface area contributed by atoms with E-state index in [1.807, 2.05) is 60.7 Å².